The van der Waals surface area contributed by atoms with E-state index in [-0.39, 0.29) is 11.9 Å². The van der Waals surface area contributed by atoms with E-state index >= 15 is 0 Å². The number of benzene rings is 1. The number of carbonyl (C=O) groups is 1. The van der Waals surface area contributed by atoms with Gasteiger partial charge in [0.15, 0.2) is 0 Å². The summed E-state index contributed by atoms with van der Waals surface area (Å²) < 4.78 is 2.00. The van der Waals surface area contributed by atoms with Gasteiger partial charge in [-0.15, -0.1) is 0 Å². The molecule has 1 amide bonds. The maximum absolute atomic E-state index is 12.7. The minimum Gasteiger partial charge on any atom is -0.348 e. The van der Waals surface area contributed by atoms with Crippen molar-refractivity contribution in [1.29, 1.82) is 0 Å². The van der Waals surface area contributed by atoms with Crippen LogP contribution in [0.15, 0.2) is 43.0 Å². The number of nitrogens with one attached hydrogen (secondary N) is 1. The molecule has 1 aliphatic heterocycles. The standard InChI is InChI=1S/C21H30N4O/c1-2-20(16-25-13-10-22-17-25)23-21(26)19-9-7-8-18(14-19)15-24-11-5-3-4-6-12-24/h7-10,13-14,17,20H,2-6,11-12,15-16H2,1H3,(H,23,26)/t20-/m0/s1. The van der Waals surface area contributed by atoms with Gasteiger partial charge >= 0.3 is 0 Å². The Kier molecular flexibility index (Phi) is 6.83. The van der Waals surface area contributed by atoms with Crippen LogP contribution < -0.4 is 5.32 Å². The van der Waals surface area contributed by atoms with E-state index in [4.69, 9.17) is 0 Å². The SMILES string of the molecule is CC[C@@H](Cn1ccnc1)NC(=O)c1cccc(CN2CCCCCC2)c1. The molecule has 3 rings (SSSR count). The Bertz CT molecular complexity index is 675. The number of hydrogen-bond acceptors (Lipinski definition) is 3. The molecule has 1 atom stereocenters. The van der Waals surface area contributed by atoms with Crippen molar-refractivity contribution in [1.82, 2.24) is 19.8 Å². The van der Waals surface area contributed by atoms with Crippen molar-refractivity contribution >= 4 is 5.91 Å². The average molecular weight is 354 g/mol. The van der Waals surface area contributed by atoms with E-state index in [2.05, 4.69) is 28.2 Å². The number of nitrogens with zero attached hydrogens (tertiary/aromatic N) is 3. The molecule has 2 aromatic rings. The molecular weight excluding hydrogens is 324 g/mol. The van der Waals surface area contributed by atoms with E-state index in [1.807, 2.05) is 29.0 Å². The number of hydrogen-bond donors (Lipinski definition) is 1. The van der Waals surface area contributed by atoms with Crippen molar-refractivity contribution in [2.24, 2.45) is 0 Å². The van der Waals surface area contributed by atoms with Crippen LogP contribution in [-0.4, -0.2) is 39.5 Å². The first-order valence-electron chi connectivity index (χ1n) is 9.82. The topological polar surface area (TPSA) is 50.2 Å². The summed E-state index contributed by atoms with van der Waals surface area (Å²) in [6.45, 7) is 6.11. The summed E-state index contributed by atoms with van der Waals surface area (Å²) in [5.41, 5.74) is 1.98. The second kappa shape index (κ2) is 9.53. The van der Waals surface area contributed by atoms with E-state index in [0.29, 0.717) is 0 Å². The Morgan fingerprint density at radius 1 is 1.23 bits per heavy atom. The fourth-order valence-corrected chi connectivity index (χ4v) is 3.56. The predicted octanol–water partition coefficient (Wildman–Crippen LogP) is 3.47. The van der Waals surface area contributed by atoms with Crippen LogP contribution in [0.25, 0.3) is 0 Å². The Morgan fingerprint density at radius 2 is 2.04 bits per heavy atom. The van der Waals surface area contributed by atoms with Crippen LogP contribution in [0, 0.1) is 0 Å². The molecule has 0 bridgehead atoms. The minimum atomic E-state index is 0.00896. The summed E-state index contributed by atoms with van der Waals surface area (Å²) in [6, 6.07) is 8.18. The third-order valence-electron chi connectivity index (χ3n) is 5.11. The Labute approximate surface area is 156 Å². The molecular formula is C21H30N4O. The van der Waals surface area contributed by atoms with Gasteiger partial charge in [0, 0.05) is 37.1 Å². The smallest absolute Gasteiger partial charge is 0.251 e. The lowest BCUT2D eigenvalue weighted by atomic mass is 10.1. The molecule has 1 aromatic carbocycles. The molecule has 1 aromatic heterocycles. The number of rotatable bonds is 7. The molecule has 1 fully saturated rings. The fraction of sp³-hybridized carbons (Fsp3) is 0.524. The van der Waals surface area contributed by atoms with Gasteiger partial charge in [0.1, 0.15) is 0 Å². The fourth-order valence-electron chi connectivity index (χ4n) is 3.56. The van der Waals surface area contributed by atoms with Crippen LogP contribution in [0.5, 0.6) is 0 Å². The zero-order valence-corrected chi connectivity index (χ0v) is 15.7. The zero-order chi connectivity index (χ0) is 18.2. The van der Waals surface area contributed by atoms with Crippen LogP contribution in [0.2, 0.25) is 0 Å². The van der Waals surface area contributed by atoms with Crippen LogP contribution in [0.4, 0.5) is 0 Å². The normalized spacial score (nSPS) is 16.8. The molecule has 0 unspecified atom stereocenters. The molecule has 26 heavy (non-hydrogen) atoms. The first-order chi connectivity index (χ1) is 12.7. The molecule has 5 nitrogen and oxygen atoms in total. The molecule has 2 heterocycles. The van der Waals surface area contributed by atoms with Crippen LogP contribution >= 0.6 is 0 Å². The summed E-state index contributed by atoms with van der Waals surface area (Å²) in [4.78, 5) is 19.3. The van der Waals surface area contributed by atoms with Gasteiger partial charge in [-0.25, -0.2) is 4.98 Å². The predicted molar refractivity (Wildman–Crippen MR) is 104 cm³/mol. The van der Waals surface area contributed by atoms with Crippen LogP contribution in [0.1, 0.15) is 54.9 Å². The second-order valence-corrected chi connectivity index (χ2v) is 7.23. The highest BCUT2D eigenvalue weighted by atomic mass is 16.1. The van der Waals surface area contributed by atoms with E-state index < -0.39 is 0 Å². The number of amides is 1. The van der Waals surface area contributed by atoms with Crippen molar-refractivity contribution in [3.63, 3.8) is 0 Å². The molecule has 140 valence electrons. The van der Waals surface area contributed by atoms with Crippen LogP contribution in [-0.2, 0) is 13.1 Å². The van der Waals surface area contributed by atoms with Gasteiger partial charge in [0.25, 0.3) is 5.91 Å². The molecule has 5 heteroatoms. The van der Waals surface area contributed by atoms with Crippen molar-refractivity contribution in [2.75, 3.05) is 13.1 Å². The Balaban J connectivity index is 1.59. The lowest BCUT2D eigenvalue weighted by molar-refractivity contribution is 0.0931. The first-order valence-corrected chi connectivity index (χ1v) is 9.82. The van der Waals surface area contributed by atoms with Gasteiger partial charge < -0.3 is 9.88 Å². The monoisotopic (exact) mass is 354 g/mol. The van der Waals surface area contributed by atoms with Crippen molar-refractivity contribution in [3.8, 4) is 0 Å². The maximum Gasteiger partial charge on any atom is 0.251 e. The molecule has 0 aliphatic carbocycles. The van der Waals surface area contributed by atoms with Gasteiger partial charge in [-0.05, 0) is 50.0 Å². The van der Waals surface area contributed by atoms with Gasteiger partial charge in [-0.1, -0.05) is 31.9 Å². The Morgan fingerprint density at radius 3 is 2.73 bits per heavy atom. The molecule has 1 N–H and O–H groups in total. The lowest BCUT2D eigenvalue weighted by Gasteiger charge is -2.20. The number of aromatic nitrogens is 2. The van der Waals surface area contributed by atoms with E-state index in [0.717, 1.165) is 25.1 Å². The largest absolute Gasteiger partial charge is 0.348 e. The number of likely N-dealkylation sites (tertiary alicyclic amines) is 1. The summed E-state index contributed by atoms with van der Waals surface area (Å²) >= 11 is 0. The molecule has 1 aliphatic rings. The lowest BCUT2D eigenvalue weighted by Crippen LogP contribution is -2.37. The molecule has 1 saturated heterocycles. The highest BCUT2D eigenvalue weighted by Crippen LogP contribution is 2.14. The summed E-state index contributed by atoms with van der Waals surface area (Å²) in [5.74, 6) is 0.00896. The van der Waals surface area contributed by atoms with Crippen molar-refractivity contribution in [2.45, 2.75) is 58.2 Å². The third-order valence-corrected chi connectivity index (χ3v) is 5.11. The zero-order valence-electron chi connectivity index (χ0n) is 15.7. The highest BCUT2D eigenvalue weighted by molar-refractivity contribution is 5.94. The molecule has 0 radical (unpaired) electrons. The van der Waals surface area contributed by atoms with E-state index in [1.165, 1.54) is 44.3 Å². The van der Waals surface area contributed by atoms with Gasteiger partial charge in [0.05, 0.1) is 6.33 Å². The van der Waals surface area contributed by atoms with Crippen LogP contribution in [0.3, 0.4) is 0 Å². The van der Waals surface area contributed by atoms with Gasteiger partial charge in [-0.3, -0.25) is 9.69 Å². The maximum atomic E-state index is 12.7. The average Bonchev–Trinajstić information content (AvgIpc) is 3.04. The molecule has 0 saturated carbocycles. The first kappa shape index (κ1) is 18.6. The second-order valence-electron chi connectivity index (χ2n) is 7.23. The number of imidazole rings is 1. The number of carbonyl (C=O) groups excluding carboxylic acids is 1. The highest BCUT2D eigenvalue weighted by Gasteiger charge is 2.14. The van der Waals surface area contributed by atoms with E-state index in [9.17, 15) is 4.79 Å². The quantitative estimate of drug-likeness (QED) is 0.828. The van der Waals surface area contributed by atoms with Crippen molar-refractivity contribution in [3.05, 3.63) is 54.1 Å². The summed E-state index contributed by atoms with van der Waals surface area (Å²) in [6.07, 6.45) is 11.6. The van der Waals surface area contributed by atoms with E-state index in [1.54, 1.807) is 12.5 Å². The van der Waals surface area contributed by atoms with Gasteiger partial charge in [0.2, 0.25) is 0 Å². The summed E-state index contributed by atoms with van der Waals surface area (Å²) in [7, 11) is 0. The van der Waals surface area contributed by atoms with Crippen molar-refractivity contribution < 1.29 is 4.79 Å². The Hall–Kier alpha value is -2.14. The van der Waals surface area contributed by atoms with Gasteiger partial charge in [-0.2, -0.15) is 0 Å². The minimum absolute atomic E-state index is 0.00896. The summed E-state index contributed by atoms with van der Waals surface area (Å²) in [5, 5.41) is 3.16. The third kappa shape index (κ3) is 5.43. The molecule has 0 spiro atoms.